The summed E-state index contributed by atoms with van der Waals surface area (Å²) in [7, 11) is 0. The molecule has 1 heterocycles. The molecule has 0 aliphatic carbocycles. The van der Waals surface area contributed by atoms with Crippen LogP contribution in [-0.4, -0.2) is 37.5 Å². The molecular formula is C15H19ClF3N3O2. The van der Waals surface area contributed by atoms with Crippen LogP contribution in [0.5, 0.6) is 0 Å². The lowest BCUT2D eigenvalue weighted by molar-refractivity contribution is -0.137. The van der Waals surface area contributed by atoms with Crippen molar-refractivity contribution >= 4 is 24.2 Å². The van der Waals surface area contributed by atoms with E-state index in [1.54, 1.807) is 0 Å². The summed E-state index contributed by atoms with van der Waals surface area (Å²) >= 11 is 0. The van der Waals surface area contributed by atoms with E-state index in [9.17, 15) is 22.8 Å². The molecular weight excluding hydrogens is 347 g/mol. The van der Waals surface area contributed by atoms with E-state index in [2.05, 4.69) is 16.0 Å². The molecule has 0 aromatic heterocycles. The highest BCUT2D eigenvalue weighted by Crippen LogP contribution is 2.28. The van der Waals surface area contributed by atoms with Crippen molar-refractivity contribution in [2.24, 2.45) is 0 Å². The summed E-state index contributed by atoms with van der Waals surface area (Å²) in [6.07, 6.45) is -2.37. The topological polar surface area (TPSA) is 70.2 Å². The highest BCUT2D eigenvalue weighted by Gasteiger charge is 2.30. The molecule has 1 aromatic carbocycles. The number of alkyl halides is 3. The first-order chi connectivity index (χ1) is 10.9. The summed E-state index contributed by atoms with van der Waals surface area (Å²) in [6.45, 7) is 1.22. The molecule has 0 radical (unpaired) electrons. The van der Waals surface area contributed by atoms with Crippen molar-refractivity contribution in [2.75, 3.05) is 19.6 Å². The van der Waals surface area contributed by atoms with E-state index in [-0.39, 0.29) is 36.5 Å². The number of benzene rings is 1. The van der Waals surface area contributed by atoms with Crippen molar-refractivity contribution in [3.8, 4) is 0 Å². The second kappa shape index (κ2) is 8.89. The summed E-state index contributed by atoms with van der Waals surface area (Å²) in [5.74, 6) is -0.924. The molecule has 1 fully saturated rings. The minimum absolute atomic E-state index is 0. The first kappa shape index (κ1) is 20.2. The van der Waals surface area contributed by atoms with Crippen molar-refractivity contribution in [2.45, 2.75) is 25.1 Å². The van der Waals surface area contributed by atoms with Gasteiger partial charge in [0.15, 0.2) is 0 Å². The zero-order valence-corrected chi connectivity index (χ0v) is 13.6. The minimum Gasteiger partial charge on any atom is -0.353 e. The van der Waals surface area contributed by atoms with Gasteiger partial charge in [-0.3, -0.25) is 9.59 Å². The Labute approximate surface area is 143 Å². The Morgan fingerprint density at radius 1 is 1.17 bits per heavy atom. The maximum atomic E-state index is 12.4. The van der Waals surface area contributed by atoms with Crippen LogP contribution in [0, 0.1) is 0 Å². The maximum Gasteiger partial charge on any atom is 0.416 e. The van der Waals surface area contributed by atoms with Crippen LogP contribution < -0.4 is 16.0 Å². The summed E-state index contributed by atoms with van der Waals surface area (Å²) < 4.78 is 37.3. The molecule has 1 atom stereocenters. The third kappa shape index (κ3) is 6.01. The highest BCUT2D eigenvalue weighted by molar-refractivity contribution is 5.96. The lowest BCUT2D eigenvalue weighted by Gasteiger charge is -2.12. The normalized spacial score (nSPS) is 17.0. The smallest absolute Gasteiger partial charge is 0.353 e. The number of carbonyl (C=O) groups excluding carboxylic acids is 2. The summed E-state index contributed by atoms with van der Waals surface area (Å²) in [5, 5.41) is 8.30. The number of halogens is 4. The summed E-state index contributed by atoms with van der Waals surface area (Å²) in [4.78, 5) is 23.4. The highest BCUT2D eigenvalue weighted by atomic mass is 35.5. The molecule has 134 valence electrons. The lowest BCUT2D eigenvalue weighted by atomic mass is 10.1. The molecule has 24 heavy (non-hydrogen) atoms. The van der Waals surface area contributed by atoms with Gasteiger partial charge in [0.05, 0.1) is 12.1 Å². The van der Waals surface area contributed by atoms with Crippen molar-refractivity contribution in [1.82, 2.24) is 16.0 Å². The second-order valence-corrected chi connectivity index (χ2v) is 5.36. The fraction of sp³-hybridized carbons (Fsp3) is 0.467. The number of nitrogens with one attached hydrogen (secondary N) is 3. The van der Waals surface area contributed by atoms with Crippen LogP contribution in [0.1, 0.15) is 28.8 Å². The van der Waals surface area contributed by atoms with E-state index in [0.717, 1.165) is 43.7 Å². The number of hydrogen-bond donors (Lipinski definition) is 3. The van der Waals surface area contributed by atoms with Crippen molar-refractivity contribution in [1.29, 1.82) is 0 Å². The molecule has 1 unspecified atom stereocenters. The van der Waals surface area contributed by atoms with Crippen LogP contribution in [0.15, 0.2) is 24.3 Å². The predicted octanol–water partition coefficient (Wildman–Crippen LogP) is 1.73. The van der Waals surface area contributed by atoms with E-state index >= 15 is 0 Å². The molecule has 0 spiro atoms. The fourth-order valence-electron chi connectivity index (χ4n) is 2.30. The number of carbonyl (C=O) groups is 2. The number of rotatable bonds is 5. The molecule has 0 bridgehead atoms. The average molecular weight is 366 g/mol. The van der Waals surface area contributed by atoms with Gasteiger partial charge in [-0.1, -0.05) is 0 Å². The predicted molar refractivity (Wildman–Crippen MR) is 85.1 cm³/mol. The maximum absolute atomic E-state index is 12.4. The largest absolute Gasteiger partial charge is 0.416 e. The summed E-state index contributed by atoms with van der Waals surface area (Å²) in [6, 6.07) is 4.09. The minimum atomic E-state index is -4.44. The van der Waals surface area contributed by atoms with Crippen molar-refractivity contribution < 1.29 is 22.8 Å². The molecule has 1 saturated heterocycles. The van der Waals surface area contributed by atoms with Gasteiger partial charge in [0.2, 0.25) is 5.91 Å². The van der Waals surface area contributed by atoms with E-state index in [4.69, 9.17) is 0 Å². The van der Waals surface area contributed by atoms with Gasteiger partial charge in [-0.05, 0) is 43.7 Å². The van der Waals surface area contributed by atoms with E-state index in [0.29, 0.717) is 6.54 Å². The van der Waals surface area contributed by atoms with Gasteiger partial charge in [0, 0.05) is 18.2 Å². The Kier molecular flexibility index (Phi) is 7.50. The van der Waals surface area contributed by atoms with Crippen LogP contribution in [0.4, 0.5) is 13.2 Å². The van der Waals surface area contributed by atoms with Crippen molar-refractivity contribution in [3.63, 3.8) is 0 Å². The third-order valence-corrected chi connectivity index (χ3v) is 3.59. The quantitative estimate of drug-likeness (QED) is 0.744. The van der Waals surface area contributed by atoms with Crippen LogP contribution in [0.3, 0.4) is 0 Å². The van der Waals surface area contributed by atoms with E-state index in [1.807, 2.05) is 0 Å². The Morgan fingerprint density at radius 2 is 1.83 bits per heavy atom. The lowest BCUT2D eigenvalue weighted by Crippen LogP contribution is -2.42. The number of amides is 2. The standard InChI is InChI=1S/C15H18F3N3O2.ClH/c16-15(17,18)11-5-3-10(4-6-11)14(23)21-9-13(22)20-8-12-2-1-7-19-12;/h3-6,12,19H,1-2,7-9H2,(H,20,22)(H,21,23);1H. The Bertz CT molecular complexity index is 558. The monoisotopic (exact) mass is 365 g/mol. The molecule has 1 aliphatic heterocycles. The molecule has 1 aromatic rings. The van der Waals surface area contributed by atoms with E-state index in [1.165, 1.54) is 0 Å². The molecule has 2 amide bonds. The first-order valence-corrected chi connectivity index (χ1v) is 7.32. The molecule has 3 N–H and O–H groups in total. The Morgan fingerprint density at radius 3 is 2.38 bits per heavy atom. The molecule has 0 saturated carbocycles. The van der Waals surface area contributed by atoms with Gasteiger partial charge in [-0.15, -0.1) is 12.4 Å². The zero-order chi connectivity index (χ0) is 16.9. The van der Waals surface area contributed by atoms with Crippen LogP contribution >= 0.6 is 12.4 Å². The Balaban J connectivity index is 0.00000288. The van der Waals surface area contributed by atoms with Gasteiger partial charge in [0.25, 0.3) is 5.91 Å². The van der Waals surface area contributed by atoms with Crippen LogP contribution in [-0.2, 0) is 11.0 Å². The Hall–Kier alpha value is -1.80. The van der Waals surface area contributed by atoms with Gasteiger partial charge >= 0.3 is 6.18 Å². The van der Waals surface area contributed by atoms with Gasteiger partial charge in [-0.25, -0.2) is 0 Å². The average Bonchev–Trinajstić information content (AvgIpc) is 3.03. The van der Waals surface area contributed by atoms with E-state index < -0.39 is 17.6 Å². The van der Waals surface area contributed by atoms with Gasteiger partial charge < -0.3 is 16.0 Å². The fourth-order valence-corrected chi connectivity index (χ4v) is 2.30. The molecule has 1 aliphatic rings. The molecule has 5 nitrogen and oxygen atoms in total. The second-order valence-electron chi connectivity index (χ2n) is 5.36. The van der Waals surface area contributed by atoms with Gasteiger partial charge in [0.1, 0.15) is 0 Å². The first-order valence-electron chi connectivity index (χ1n) is 7.32. The third-order valence-electron chi connectivity index (χ3n) is 3.59. The molecule has 9 heteroatoms. The number of hydrogen-bond acceptors (Lipinski definition) is 3. The van der Waals surface area contributed by atoms with Gasteiger partial charge in [-0.2, -0.15) is 13.2 Å². The summed E-state index contributed by atoms with van der Waals surface area (Å²) in [5.41, 5.74) is -0.751. The van der Waals surface area contributed by atoms with Crippen LogP contribution in [0.25, 0.3) is 0 Å². The SMILES string of the molecule is Cl.O=C(CNC(=O)c1ccc(C(F)(F)F)cc1)NCC1CCCN1. The van der Waals surface area contributed by atoms with Crippen molar-refractivity contribution in [3.05, 3.63) is 35.4 Å². The van der Waals surface area contributed by atoms with Crippen LogP contribution in [0.2, 0.25) is 0 Å². The molecule has 2 rings (SSSR count). The zero-order valence-electron chi connectivity index (χ0n) is 12.8.